The van der Waals surface area contributed by atoms with E-state index in [2.05, 4.69) is 19.2 Å². The third kappa shape index (κ3) is 3.58. The van der Waals surface area contributed by atoms with E-state index in [0.717, 1.165) is 31.0 Å². The minimum Gasteiger partial charge on any atom is -0.385 e. The van der Waals surface area contributed by atoms with Gasteiger partial charge in [-0.1, -0.05) is 13.8 Å². The van der Waals surface area contributed by atoms with Gasteiger partial charge in [-0.3, -0.25) is 0 Å². The Bertz CT molecular complexity index is 149. The highest BCUT2D eigenvalue weighted by Crippen LogP contribution is 2.33. The summed E-state index contributed by atoms with van der Waals surface area (Å²) in [5, 5.41) is 3.55. The van der Waals surface area contributed by atoms with Crippen molar-refractivity contribution in [3.05, 3.63) is 0 Å². The highest BCUT2D eigenvalue weighted by molar-refractivity contribution is 4.82. The molecule has 1 saturated carbocycles. The van der Waals surface area contributed by atoms with Gasteiger partial charge in [-0.15, -0.1) is 0 Å². The van der Waals surface area contributed by atoms with Crippen LogP contribution in [0.3, 0.4) is 0 Å². The number of methoxy groups -OCH3 is 1. The Labute approximate surface area is 88.4 Å². The lowest BCUT2D eigenvalue weighted by molar-refractivity contribution is 0.165. The van der Waals surface area contributed by atoms with Crippen LogP contribution in [0.25, 0.3) is 0 Å². The molecule has 0 aromatic rings. The van der Waals surface area contributed by atoms with Crippen LogP contribution in [0.1, 0.15) is 39.5 Å². The summed E-state index contributed by atoms with van der Waals surface area (Å²) >= 11 is 0. The van der Waals surface area contributed by atoms with E-state index in [1.54, 1.807) is 7.11 Å². The molecule has 3 unspecified atom stereocenters. The fourth-order valence-electron chi connectivity index (χ4n) is 2.55. The Morgan fingerprint density at radius 3 is 2.86 bits per heavy atom. The van der Waals surface area contributed by atoms with Gasteiger partial charge in [-0.05, 0) is 44.1 Å². The van der Waals surface area contributed by atoms with Crippen molar-refractivity contribution in [3.63, 3.8) is 0 Å². The molecule has 0 aromatic carbocycles. The first kappa shape index (κ1) is 12.0. The topological polar surface area (TPSA) is 21.3 Å². The molecule has 14 heavy (non-hydrogen) atoms. The fourth-order valence-corrected chi connectivity index (χ4v) is 2.55. The zero-order chi connectivity index (χ0) is 10.4. The second-order valence-electron chi connectivity index (χ2n) is 4.59. The summed E-state index contributed by atoms with van der Waals surface area (Å²) < 4.78 is 5.13. The lowest BCUT2D eigenvalue weighted by atomic mass is 9.90. The van der Waals surface area contributed by atoms with Gasteiger partial charge in [0.2, 0.25) is 0 Å². The third-order valence-corrected chi connectivity index (χ3v) is 3.55. The van der Waals surface area contributed by atoms with Crippen LogP contribution >= 0.6 is 0 Å². The quantitative estimate of drug-likeness (QED) is 0.709. The van der Waals surface area contributed by atoms with E-state index in [4.69, 9.17) is 4.74 Å². The first-order valence-electron chi connectivity index (χ1n) is 6.00. The summed E-state index contributed by atoms with van der Waals surface area (Å²) in [6.07, 6.45) is 5.37. The molecule has 1 rings (SSSR count). The minimum absolute atomic E-state index is 0.787. The second-order valence-corrected chi connectivity index (χ2v) is 4.59. The summed E-state index contributed by atoms with van der Waals surface area (Å²) in [4.78, 5) is 0. The van der Waals surface area contributed by atoms with Crippen LogP contribution < -0.4 is 5.32 Å². The standard InChI is InChI=1S/C12H25NO/c1-4-13-12-6-5-11(9-12)10(2)7-8-14-3/h10-13H,4-9H2,1-3H3. The third-order valence-electron chi connectivity index (χ3n) is 3.55. The SMILES string of the molecule is CCNC1CCC(C(C)CCOC)C1. The fraction of sp³-hybridized carbons (Fsp3) is 1.00. The molecule has 0 aliphatic heterocycles. The van der Waals surface area contributed by atoms with E-state index >= 15 is 0 Å². The Balaban J connectivity index is 2.19. The van der Waals surface area contributed by atoms with Gasteiger partial charge in [0.25, 0.3) is 0 Å². The van der Waals surface area contributed by atoms with Crippen molar-refractivity contribution in [3.8, 4) is 0 Å². The van der Waals surface area contributed by atoms with Gasteiger partial charge in [-0.25, -0.2) is 0 Å². The molecule has 2 heteroatoms. The molecule has 0 spiro atoms. The molecule has 0 bridgehead atoms. The summed E-state index contributed by atoms with van der Waals surface area (Å²) in [5.41, 5.74) is 0. The maximum atomic E-state index is 5.13. The molecule has 1 aliphatic rings. The summed E-state index contributed by atoms with van der Waals surface area (Å²) in [7, 11) is 1.79. The molecule has 84 valence electrons. The second kappa shape index (κ2) is 6.41. The number of nitrogens with one attached hydrogen (secondary N) is 1. The maximum absolute atomic E-state index is 5.13. The van der Waals surface area contributed by atoms with Crippen LogP contribution in [0, 0.1) is 11.8 Å². The van der Waals surface area contributed by atoms with Crippen molar-refractivity contribution in [1.29, 1.82) is 0 Å². The lowest BCUT2D eigenvalue weighted by Gasteiger charge is -2.19. The van der Waals surface area contributed by atoms with Crippen molar-refractivity contribution in [2.75, 3.05) is 20.3 Å². The predicted octanol–water partition coefficient (Wildman–Crippen LogP) is 2.44. The molecular weight excluding hydrogens is 174 g/mol. The maximum Gasteiger partial charge on any atom is 0.0464 e. The van der Waals surface area contributed by atoms with E-state index in [0.29, 0.717) is 0 Å². The van der Waals surface area contributed by atoms with E-state index in [1.807, 2.05) is 0 Å². The summed E-state index contributed by atoms with van der Waals surface area (Å²) in [6.45, 7) is 6.60. The smallest absolute Gasteiger partial charge is 0.0464 e. The van der Waals surface area contributed by atoms with Gasteiger partial charge in [0.15, 0.2) is 0 Å². The van der Waals surface area contributed by atoms with E-state index in [1.165, 1.54) is 25.7 Å². The van der Waals surface area contributed by atoms with E-state index in [9.17, 15) is 0 Å². The Morgan fingerprint density at radius 1 is 1.43 bits per heavy atom. The monoisotopic (exact) mass is 199 g/mol. The van der Waals surface area contributed by atoms with Gasteiger partial charge in [0.05, 0.1) is 0 Å². The van der Waals surface area contributed by atoms with E-state index < -0.39 is 0 Å². The number of hydrogen-bond donors (Lipinski definition) is 1. The predicted molar refractivity (Wildman–Crippen MR) is 60.5 cm³/mol. The molecular formula is C12H25NO. The van der Waals surface area contributed by atoms with Crippen LogP contribution in [0.5, 0.6) is 0 Å². The Hall–Kier alpha value is -0.0800. The summed E-state index contributed by atoms with van der Waals surface area (Å²) in [5.74, 6) is 1.76. The Kier molecular flexibility index (Phi) is 5.49. The first-order valence-corrected chi connectivity index (χ1v) is 6.00. The van der Waals surface area contributed by atoms with Crippen LogP contribution in [0.4, 0.5) is 0 Å². The molecule has 0 heterocycles. The van der Waals surface area contributed by atoms with Crippen LogP contribution in [-0.4, -0.2) is 26.3 Å². The molecule has 2 nitrogen and oxygen atoms in total. The number of ether oxygens (including phenoxy) is 1. The molecule has 0 aromatic heterocycles. The van der Waals surface area contributed by atoms with Crippen molar-refractivity contribution in [1.82, 2.24) is 5.32 Å². The number of hydrogen-bond acceptors (Lipinski definition) is 2. The minimum atomic E-state index is 0.787. The van der Waals surface area contributed by atoms with Gasteiger partial charge < -0.3 is 10.1 Å². The molecule has 0 saturated heterocycles. The molecule has 3 atom stereocenters. The molecule has 1 N–H and O–H groups in total. The van der Waals surface area contributed by atoms with Crippen LogP contribution in [-0.2, 0) is 4.74 Å². The average molecular weight is 199 g/mol. The largest absolute Gasteiger partial charge is 0.385 e. The zero-order valence-electron chi connectivity index (χ0n) is 9.88. The van der Waals surface area contributed by atoms with Gasteiger partial charge in [0.1, 0.15) is 0 Å². The normalized spacial score (nSPS) is 29.4. The number of rotatable bonds is 6. The van der Waals surface area contributed by atoms with Crippen molar-refractivity contribution in [2.24, 2.45) is 11.8 Å². The highest BCUT2D eigenvalue weighted by atomic mass is 16.5. The van der Waals surface area contributed by atoms with Crippen LogP contribution in [0.2, 0.25) is 0 Å². The van der Waals surface area contributed by atoms with Crippen LogP contribution in [0.15, 0.2) is 0 Å². The van der Waals surface area contributed by atoms with Crippen molar-refractivity contribution in [2.45, 2.75) is 45.6 Å². The van der Waals surface area contributed by atoms with Crippen molar-refractivity contribution >= 4 is 0 Å². The molecule has 1 fully saturated rings. The Morgan fingerprint density at radius 2 is 2.21 bits per heavy atom. The highest BCUT2D eigenvalue weighted by Gasteiger charge is 2.27. The molecule has 0 amide bonds. The van der Waals surface area contributed by atoms with Gasteiger partial charge >= 0.3 is 0 Å². The summed E-state index contributed by atoms with van der Waals surface area (Å²) in [6, 6.07) is 0.787. The molecule has 0 radical (unpaired) electrons. The van der Waals surface area contributed by atoms with E-state index in [-0.39, 0.29) is 0 Å². The lowest BCUT2D eigenvalue weighted by Crippen LogP contribution is -2.26. The zero-order valence-corrected chi connectivity index (χ0v) is 9.88. The average Bonchev–Trinajstić information content (AvgIpc) is 2.63. The first-order chi connectivity index (χ1) is 6.77. The van der Waals surface area contributed by atoms with Gasteiger partial charge in [-0.2, -0.15) is 0 Å². The molecule has 1 aliphatic carbocycles. The van der Waals surface area contributed by atoms with Crippen molar-refractivity contribution < 1.29 is 4.74 Å². The van der Waals surface area contributed by atoms with Gasteiger partial charge in [0, 0.05) is 19.8 Å².